The number of nitrogens with two attached hydrogens (primary N) is 1. The SMILES string of the molecule is CC(C)(C)OC(=O)N1CCN(C(=O)/C=C/c2ccc(N)cc2)CC1. The van der Waals surface area contributed by atoms with Crippen LogP contribution in [-0.2, 0) is 9.53 Å². The Bertz CT molecular complexity index is 609. The lowest BCUT2D eigenvalue weighted by molar-refractivity contribution is -0.127. The summed E-state index contributed by atoms with van der Waals surface area (Å²) >= 11 is 0. The number of piperazine rings is 1. The van der Waals surface area contributed by atoms with Crippen LogP contribution in [0.5, 0.6) is 0 Å². The first-order chi connectivity index (χ1) is 11.2. The molecule has 1 saturated heterocycles. The minimum Gasteiger partial charge on any atom is -0.444 e. The molecule has 6 heteroatoms. The largest absolute Gasteiger partial charge is 0.444 e. The van der Waals surface area contributed by atoms with Crippen molar-refractivity contribution in [2.75, 3.05) is 31.9 Å². The summed E-state index contributed by atoms with van der Waals surface area (Å²) in [7, 11) is 0. The molecule has 0 bridgehead atoms. The molecular weight excluding hydrogens is 306 g/mol. The van der Waals surface area contributed by atoms with E-state index in [9.17, 15) is 9.59 Å². The molecule has 130 valence electrons. The summed E-state index contributed by atoms with van der Waals surface area (Å²) in [6.07, 6.45) is 2.99. The lowest BCUT2D eigenvalue weighted by atomic mass is 10.2. The molecule has 0 atom stereocenters. The van der Waals surface area contributed by atoms with E-state index in [4.69, 9.17) is 10.5 Å². The molecule has 1 aromatic carbocycles. The molecule has 1 heterocycles. The number of nitrogen functional groups attached to an aromatic ring is 1. The number of hydrogen-bond acceptors (Lipinski definition) is 4. The number of carbonyl (C=O) groups excluding carboxylic acids is 2. The van der Waals surface area contributed by atoms with E-state index in [1.54, 1.807) is 34.1 Å². The number of hydrogen-bond donors (Lipinski definition) is 1. The standard InChI is InChI=1S/C18H25N3O3/c1-18(2,3)24-17(23)21-12-10-20(11-13-21)16(22)9-6-14-4-7-15(19)8-5-14/h4-9H,10-13,19H2,1-3H3/b9-6+. The van der Waals surface area contributed by atoms with Gasteiger partial charge in [-0.25, -0.2) is 4.79 Å². The quantitative estimate of drug-likeness (QED) is 0.667. The fourth-order valence-electron chi connectivity index (χ4n) is 2.32. The van der Waals surface area contributed by atoms with Gasteiger partial charge in [-0.2, -0.15) is 0 Å². The third kappa shape index (κ3) is 5.30. The van der Waals surface area contributed by atoms with E-state index in [0.717, 1.165) is 5.56 Å². The lowest BCUT2D eigenvalue weighted by Gasteiger charge is -2.35. The van der Waals surface area contributed by atoms with Crippen molar-refractivity contribution in [3.8, 4) is 0 Å². The molecule has 1 aliphatic rings. The van der Waals surface area contributed by atoms with Crippen molar-refractivity contribution >= 4 is 23.8 Å². The normalized spacial score (nSPS) is 15.6. The van der Waals surface area contributed by atoms with E-state index >= 15 is 0 Å². The van der Waals surface area contributed by atoms with Crippen molar-refractivity contribution in [1.82, 2.24) is 9.80 Å². The molecule has 0 radical (unpaired) electrons. The number of rotatable bonds is 2. The molecule has 1 aromatic rings. The molecule has 0 aliphatic carbocycles. The van der Waals surface area contributed by atoms with Gasteiger partial charge in [-0.1, -0.05) is 12.1 Å². The molecule has 1 aliphatic heterocycles. The zero-order chi connectivity index (χ0) is 17.7. The Labute approximate surface area is 142 Å². The Balaban J connectivity index is 1.84. The molecule has 2 rings (SSSR count). The maximum Gasteiger partial charge on any atom is 0.410 e. The zero-order valence-corrected chi connectivity index (χ0v) is 14.5. The number of ether oxygens (including phenoxy) is 1. The molecular formula is C18H25N3O3. The summed E-state index contributed by atoms with van der Waals surface area (Å²) in [6.45, 7) is 7.49. The average Bonchev–Trinajstić information content (AvgIpc) is 2.52. The number of amides is 2. The minimum atomic E-state index is -0.508. The minimum absolute atomic E-state index is 0.0596. The average molecular weight is 331 g/mol. The smallest absolute Gasteiger partial charge is 0.410 e. The lowest BCUT2D eigenvalue weighted by Crippen LogP contribution is -2.51. The van der Waals surface area contributed by atoms with Crippen molar-refractivity contribution in [3.63, 3.8) is 0 Å². The summed E-state index contributed by atoms with van der Waals surface area (Å²) in [6, 6.07) is 7.31. The first-order valence-corrected chi connectivity index (χ1v) is 8.05. The van der Waals surface area contributed by atoms with E-state index in [-0.39, 0.29) is 12.0 Å². The summed E-state index contributed by atoms with van der Waals surface area (Å²) in [5.41, 5.74) is 6.74. The van der Waals surface area contributed by atoms with Gasteiger partial charge in [0.05, 0.1) is 0 Å². The van der Waals surface area contributed by atoms with Gasteiger partial charge in [-0.3, -0.25) is 4.79 Å². The number of benzene rings is 1. The molecule has 1 fully saturated rings. The van der Waals surface area contributed by atoms with Gasteiger partial charge in [0.2, 0.25) is 5.91 Å². The van der Waals surface area contributed by atoms with Crippen molar-refractivity contribution in [2.24, 2.45) is 0 Å². The molecule has 0 unspecified atom stereocenters. The Hall–Kier alpha value is -2.50. The second-order valence-electron chi connectivity index (χ2n) is 6.79. The van der Waals surface area contributed by atoms with Gasteiger partial charge in [0.15, 0.2) is 0 Å². The summed E-state index contributed by atoms with van der Waals surface area (Å²) in [5.74, 6) is -0.0596. The monoisotopic (exact) mass is 331 g/mol. The Kier molecular flexibility index (Phi) is 5.49. The van der Waals surface area contributed by atoms with Crippen molar-refractivity contribution in [3.05, 3.63) is 35.9 Å². The van der Waals surface area contributed by atoms with Gasteiger partial charge in [-0.15, -0.1) is 0 Å². The summed E-state index contributed by atoms with van der Waals surface area (Å²) < 4.78 is 5.35. The van der Waals surface area contributed by atoms with Gasteiger partial charge in [-0.05, 0) is 44.5 Å². The van der Waals surface area contributed by atoms with Crippen molar-refractivity contribution < 1.29 is 14.3 Å². The highest BCUT2D eigenvalue weighted by molar-refractivity contribution is 5.92. The second kappa shape index (κ2) is 7.38. The highest BCUT2D eigenvalue weighted by atomic mass is 16.6. The van der Waals surface area contributed by atoms with E-state index in [0.29, 0.717) is 31.9 Å². The molecule has 6 nitrogen and oxygen atoms in total. The Morgan fingerprint density at radius 2 is 1.58 bits per heavy atom. The number of carbonyl (C=O) groups is 2. The molecule has 0 saturated carbocycles. The topological polar surface area (TPSA) is 75.9 Å². The van der Waals surface area contributed by atoms with Crippen LogP contribution in [0.4, 0.5) is 10.5 Å². The second-order valence-corrected chi connectivity index (χ2v) is 6.79. The van der Waals surface area contributed by atoms with Crippen molar-refractivity contribution in [2.45, 2.75) is 26.4 Å². The Morgan fingerprint density at radius 1 is 1.04 bits per heavy atom. The van der Waals surface area contributed by atoms with E-state index in [1.165, 1.54) is 0 Å². The van der Waals surface area contributed by atoms with E-state index in [1.807, 2.05) is 32.9 Å². The first kappa shape index (κ1) is 17.8. The molecule has 2 amide bonds. The summed E-state index contributed by atoms with van der Waals surface area (Å²) in [4.78, 5) is 27.6. The van der Waals surface area contributed by atoms with Gasteiger partial charge >= 0.3 is 6.09 Å². The highest BCUT2D eigenvalue weighted by Crippen LogP contribution is 2.12. The van der Waals surface area contributed by atoms with Gasteiger partial charge in [0, 0.05) is 37.9 Å². The van der Waals surface area contributed by atoms with Gasteiger partial charge < -0.3 is 20.3 Å². The van der Waals surface area contributed by atoms with Crippen molar-refractivity contribution in [1.29, 1.82) is 0 Å². The summed E-state index contributed by atoms with van der Waals surface area (Å²) in [5, 5.41) is 0. The number of anilines is 1. The third-order valence-electron chi connectivity index (χ3n) is 3.60. The predicted octanol–water partition coefficient (Wildman–Crippen LogP) is 2.36. The van der Waals surface area contributed by atoms with Crippen LogP contribution in [-0.4, -0.2) is 53.6 Å². The first-order valence-electron chi connectivity index (χ1n) is 8.05. The van der Waals surface area contributed by atoms with Crippen LogP contribution < -0.4 is 5.73 Å². The van der Waals surface area contributed by atoms with Crippen LogP contribution >= 0.6 is 0 Å². The molecule has 0 aromatic heterocycles. The van der Waals surface area contributed by atoms with Gasteiger partial charge in [0.1, 0.15) is 5.60 Å². The van der Waals surface area contributed by atoms with E-state index < -0.39 is 5.60 Å². The van der Waals surface area contributed by atoms with Crippen LogP contribution in [0.15, 0.2) is 30.3 Å². The van der Waals surface area contributed by atoms with Crippen LogP contribution in [0.25, 0.3) is 6.08 Å². The fourth-order valence-corrected chi connectivity index (χ4v) is 2.32. The third-order valence-corrected chi connectivity index (χ3v) is 3.60. The van der Waals surface area contributed by atoms with Crippen LogP contribution in [0.3, 0.4) is 0 Å². The van der Waals surface area contributed by atoms with Crippen LogP contribution in [0.1, 0.15) is 26.3 Å². The predicted molar refractivity (Wildman–Crippen MR) is 94.3 cm³/mol. The maximum atomic E-state index is 12.2. The molecule has 2 N–H and O–H groups in total. The van der Waals surface area contributed by atoms with E-state index in [2.05, 4.69) is 0 Å². The molecule has 24 heavy (non-hydrogen) atoms. The number of nitrogens with zero attached hydrogens (tertiary/aromatic N) is 2. The fraction of sp³-hybridized carbons (Fsp3) is 0.444. The van der Waals surface area contributed by atoms with Gasteiger partial charge in [0.25, 0.3) is 0 Å². The Morgan fingerprint density at radius 3 is 2.12 bits per heavy atom. The highest BCUT2D eigenvalue weighted by Gasteiger charge is 2.26. The molecule has 0 spiro atoms. The van der Waals surface area contributed by atoms with Crippen LogP contribution in [0, 0.1) is 0 Å². The van der Waals surface area contributed by atoms with Crippen LogP contribution in [0.2, 0.25) is 0 Å². The maximum absolute atomic E-state index is 12.2. The zero-order valence-electron chi connectivity index (χ0n) is 14.5.